The summed E-state index contributed by atoms with van der Waals surface area (Å²) >= 11 is 0. The van der Waals surface area contributed by atoms with Gasteiger partial charge in [0.05, 0.1) is 7.11 Å². The van der Waals surface area contributed by atoms with Gasteiger partial charge in [0.25, 0.3) is 0 Å². The van der Waals surface area contributed by atoms with E-state index in [1.54, 1.807) is 7.11 Å². The highest BCUT2D eigenvalue weighted by atomic mass is 16.5. The largest absolute Gasteiger partial charge is 0.497 e. The molecular weight excluding hydrogens is 290 g/mol. The van der Waals surface area contributed by atoms with Crippen LogP contribution in [-0.2, 0) is 13.1 Å². The summed E-state index contributed by atoms with van der Waals surface area (Å²) in [5, 5.41) is 5.71. The van der Waals surface area contributed by atoms with Crippen molar-refractivity contribution in [2.75, 3.05) is 26.1 Å². The third-order valence-corrected chi connectivity index (χ3v) is 3.47. The molecule has 23 heavy (non-hydrogen) atoms. The van der Waals surface area contributed by atoms with Gasteiger partial charge in [0.1, 0.15) is 5.75 Å². The van der Waals surface area contributed by atoms with E-state index in [9.17, 15) is 4.79 Å². The van der Waals surface area contributed by atoms with Crippen molar-refractivity contribution in [2.24, 2.45) is 0 Å². The second kappa shape index (κ2) is 8.08. The van der Waals surface area contributed by atoms with Crippen LogP contribution in [0.3, 0.4) is 0 Å². The molecule has 0 spiro atoms. The summed E-state index contributed by atoms with van der Waals surface area (Å²) in [7, 11) is 5.61. The standard InChI is InChI=1S/C18H23N3O2/c1-21(2)16-8-4-6-14(10-16)12-19-18(22)20-13-15-7-5-9-17(11-15)23-3/h4-11H,12-13H2,1-3H3,(H2,19,20,22). The zero-order valence-electron chi connectivity index (χ0n) is 13.8. The summed E-state index contributed by atoms with van der Waals surface area (Å²) in [5.41, 5.74) is 3.17. The molecule has 2 N–H and O–H groups in total. The van der Waals surface area contributed by atoms with E-state index in [1.807, 2.05) is 61.5 Å². The van der Waals surface area contributed by atoms with Crippen molar-refractivity contribution >= 4 is 11.7 Å². The first-order chi connectivity index (χ1) is 11.1. The first kappa shape index (κ1) is 16.7. The van der Waals surface area contributed by atoms with E-state index in [1.165, 1.54) is 0 Å². The molecule has 0 fully saturated rings. The van der Waals surface area contributed by atoms with Gasteiger partial charge in [0.2, 0.25) is 0 Å². The van der Waals surface area contributed by atoms with Gasteiger partial charge in [-0.2, -0.15) is 0 Å². The van der Waals surface area contributed by atoms with Gasteiger partial charge in [-0.25, -0.2) is 4.79 Å². The Morgan fingerprint density at radius 1 is 1.00 bits per heavy atom. The molecule has 0 aliphatic rings. The van der Waals surface area contributed by atoms with Gasteiger partial charge in [-0.05, 0) is 35.4 Å². The maximum Gasteiger partial charge on any atom is 0.315 e. The van der Waals surface area contributed by atoms with Crippen molar-refractivity contribution in [1.29, 1.82) is 0 Å². The Morgan fingerprint density at radius 3 is 2.22 bits per heavy atom. The Labute approximate surface area is 137 Å². The molecule has 0 saturated heterocycles. The zero-order valence-corrected chi connectivity index (χ0v) is 13.8. The maximum atomic E-state index is 11.9. The van der Waals surface area contributed by atoms with Gasteiger partial charge < -0.3 is 20.3 Å². The molecule has 0 aliphatic carbocycles. The van der Waals surface area contributed by atoms with Crippen molar-refractivity contribution < 1.29 is 9.53 Å². The van der Waals surface area contributed by atoms with Crippen LogP contribution < -0.4 is 20.3 Å². The van der Waals surface area contributed by atoms with Crippen molar-refractivity contribution in [3.63, 3.8) is 0 Å². The molecule has 5 nitrogen and oxygen atoms in total. The summed E-state index contributed by atoms with van der Waals surface area (Å²) in [5.74, 6) is 0.783. The fourth-order valence-corrected chi connectivity index (χ4v) is 2.15. The summed E-state index contributed by atoms with van der Waals surface area (Å²) in [6, 6.07) is 15.5. The van der Waals surface area contributed by atoms with E-state index in [-0.39, 0.29) is 6.03 Å². The highest BCUT2D eigenvalue weighted by Gasteiger charge is 2.03. The van der Waals surface area contributed by atoms with Crippen LogP contribution in [0.4, 0.5) is 10.5 Å². The zero-order chi connectivity index (χ0) is 16.7. The summed E-state index contributed by atoms with van der Waals surface area (Å²) in [6.07, 6.45) is 0. The molecule has 0 saturated carbocycles. The third-order valence-electron chi connectivity index (χ3n) is 3.47. The second-order valence-corrected chi connectivity index (χ2v) is 5.45. The van der Waals surface area contributed by atoms with Crippen molar-refractivity contribution in [3.05, 3.63) is 59.7 Å². The van der Waals surface area contributed by atoms with Gasteiger partial charge in [-0.15, -0.1) is 0 Å². The number of methoxy groups -OCH3 is 1. The van der Waals surface area contributed by atoms with Crippen molar-refractivity contribution in [1.82, 2.24) is 10.6 Å². The Kier molecular flexibility index (Phi) is 5.86. The number of carbonyl (C=O) groups is 1. The monoisotopic (exact) mass is 313 g/mol. The van der Waals surface area contributed by atoms with Crippen LogP contribution in [0.1, 0.15) is 11.1 Å². The molecule has 122 valence electrons. The van der Waals surface area contributed by atoms with E-state index >= 15 is 0 Å². The summed E-state index contributed by atoms with van der Waals surface area (Å²) < 4.78 is 5.17. The third kappa shape index (κ3) is 5.21. The van der Waals surface area contributed by atoms with E-state index in [4.69, 9.17) is 4.74 Å². The van der Waals surface area contributed by atoms with Gasteiger partial charge >= 0.3 is 6.03 Å². The van der Waals surface area contributed by atoms with Crippen LogP contribution in [0.5, 0.6) is 5.75 Å². The van der Waals surface area contributed by atoms with Crippen molar-refractivity contribution in [3.8, 4) is 5.75 Å². The Bertz CT molecular complexity index is 656. The fourth-order valence-electron chi connectivity index (χ4n) is 2.15. The molecule has 5 heteroatoms. The number of nitrogens with one attached hydrogen (secondary N) is 2. The van der Waals surface area contributed by atoms with Gasteiger partial charge in [-0.1, -0.05) is 24.3 Å². The molecular formula is C18H23N3O2. The SMILES string of the molecule is COc1cccc(CNC(=O)NCc2cccc(N(C)C)c2)c1. The number of anilines is 1. The lowest BCUT2D eigenvalue weighted by molar-refractivity contribution is 0.240. The topological polar surface area (TPSA) is 53.6 Å². The number of hydrogen-bond acceptors (Lipinski definition) is 3. The van der Waals surface area contributed by atoms with Crippen LogP contribution in [0.25, 0.3) is 0 Å². The number of nitrogens with zero attached hydrogens (tertiary/aromatic N) is 1. The maximum absolute atomic E-state index is 11.9. The van der Waals surface area contributed by atoms with E-state index in [0.29, 0.717) is 13.1 Å². The Balaban J connectivity index is 1.82. The summed E-state index contributed by atoms with van der Waals surface area (Å²) in [6.45, 7) is 0.951. The molecule has 2 aromatic carbocycles. The fraction of sp³-hybridized carbons (Fsp3) is 0.278. The lowest BCUT2D eigenvalue weighted by atomic mass is 10.2. The minimum atomic E-state index is -0.192. The van der Waals surface area contributed by atoms with Crippen LogP contribution >= 0.6 is 0 Å². The van der Waals surface area contributed by atoms with Crippen molar-refractivity contribution in [2.45, 2.75) is 13.1 Å². The van der Waals surface area contributed by atoms with Gasteiger partial charge in [0, 0.05) is 32.9 Å². The molecule has 0 atom stereocenters. The summed E-state index contributed by atoms with van der Waals surface area (Å²) in [4.78, 5) is 13.9. The molecule has 0 unspecified atom stereocenters. The number of carbonyl (C=O) groups excluding carboxylic acids is 1. The predicted molar refractivity (Wildman–Crippen MR) is 92.8 cm³/mol. The molecule has 0 aromatic heterocycles. The molecule has 2 aromatic rings. The van der Waals surface area contributed by atoms with E-state index < -0.39 is 0 Å². The number of rotatable bonds is 6. The molecule has 2 amide bonds. The van der Waals surface area contributed by atoms with Crippen LogP contribution in [0.15, 0.2) is 48.5 Å². The minimum Gasteiger partial charge on any atom is -0.497 e. The van der Waals surface area contributed by atoms with Gasteiger partial charge in [-0.3, -0.25) is 0 Å². The number of urea groups is 1. The highest BCUT2D eigenvalue weighted by molar-refractivity contribution is 5.73. The number of benzene rings is 2. The molecule has 0 bridgehead atoms. The Hall–Kier alpha value is -2.69. The lowest BCUT2D eigenvalue weighted by Crippen LogP contribution is -2.34. The molecule has 0 heterocycles. The normalized spacial score (nSPS) is 10.0. The predicted octanol–water partition coefficient (Wildman–Crippen LogP) is 2.76. The van der Waals surface area contributed by atoms with Crippen LogP contribution in [0.2, 0.25) is 0 Å². The van der Waals surface area contributed by atoms with E-state index in [2.05, 4.69) is 16.7 Å². The molecule has 2 rings (SSSR count). The average molecular weight is 313 g/mol. The molecule has 0 aliphatic heterocycles. The minimum absolute atomic E-state index is 0.192. The molecule has 0 radical (unpaired) electrons. The first-order valence-electron chi connectivity index (χ1n) is 7.49. The Morgan fingerprint density at radius 2 is 1.61 bits per heavy atom. The number of hydrogen-bond donors (Lipinski definition) is 2. The quantitative estimate of drug-likeness (QED) is 0.862. The van der Waals surface area contributed by atoms with E-state index in [0.717, 1.165) is 22.6 Å². The number of ether oxygens (including phenoxy) is 1. The average Bonchev–Trinajstić information content (AvgIpc) is 2.58. The van der Waals surface area contributed by atoms with Crippen LogP contribution in [0, 0.1) is 0 Å². The lowest BCUT2D eigenvalue weighted by Gasteiger charge is -2.14. The first-order valence-corrected chi connectivity index (χ1v) is 7.49. The highest BCUT2D eigenvalue weighted by Crippen LogP contribution is 2.13. The van der Waals surface area contributed by atoms with Gasteiger partial charge in [0.15, 0.2) is 0 Å². The number of amides is 2. The van der Waals surface area contributed by atoms with Crippen LogP contribution in [-0.4, -0.2) is 27.2 Å². The smallest absolute Gasteiger partial charge is 0.315 e. The second-order valence-electron chi connectivity index (χ2n) is 5.45.